The lowest BCUT2D eigenvalue weighted by atomic mass is 9.94. The van der Waals surface area contributed by atoms with Crippen LogP contribution in [0.15, 0.2) is 24.4 Å². The lowest BCUT2D eigenvalue weighted by Crippen LogP contribution is -2.57. The lowest BCUT2D eigenvalue weighted by Gasteiger charge is -2.43. The Labute approximate surface area is 142 Å². The van der Waals surface area contributed by atoms with Gasteiger partial charge in [0.25, 0.3) is 0 Å². The molecule has 1 saturated carbocycles. The summed E-state index contributed by atoms with van der Waals surface area (Å²) in [5, 5.41) is 6.01. The second-order valence-electron chi connectivity index (χ2n) is 6.39. The Morgan fingerprint density at radius 2 is 2.00 bits per heavy atom. The highest BCUT2D eigenvalue weighted by atomic mass is 32.2. The van der Waals surface area contributed by atoms with Crippen molar-refractivity contribution in [1.29, 1.82) is 0 Å². The highest BCUT2D eigenvalue weighted by Crippen LogP contribution is 2.36. The summed E-state index contributed by atoms with van der Waals surface area (Å²) in [5.41, 5.74) is 1.06. The van der Waals surface area contributed by atoms with Gasteiger partial charge in [-0.2, -0.15) is 11.8 Å². The van der Waals surface area contributed by atoms with Gasteiger partial charge in [0.15, 0.2) is 0 Å². The highest BCUT2D eigenvalue weighted by Gasteiger charge is 2.40. The summed E-state index contributed by atoms with van der Waals surface area (Å²) in [7, 11) is 0. The van der Waals surface area contributed by atoms with Gasteiger partial charge in [-0.25, -0.2) is 4.79 Å². The van der Waals surface area contributed by atoms with Gasteiger partial charge in [-0.15, -0.1) is 0 Å². The molecule has 2 N–H and O–H groups in total. The fraction of sp³-hybridized carbons (Fsp3) is 0.647. The standard InChI is InChI=1S/C17H26N4OS/c22-16(19-13-15-5-1-4-8-18-15)20-14-17(6-2-3-7-17)21-9-11-23-12-10-21/h1,4-5,8H,2-3,6-7,9-14H2,(H2,19,20,22). The van der Waals surface area contributed by atoms with Gasteiger partial charge in [-0.3, -0.25) is 9.88 Å². The molecule has 0 aromatic carbocycles. The Balaban J connectivity index is 1.49. The van der Waals surface area contributed by atoms with Gasteiger partial charge in [-0.05, 0) is 25.0 Å². The van der Waals surface area contributed by atoms with Crippen LogP contribution in [-0.2, 0) is 6.54 Å². The first kappa shape index (κ1) is 16.6. The molecule has 2 fully saturated rings. The minimum atomic E-state index is -0.0895. The first-order valence-corrected chi connectivity index (χ1v) is 9.68. The van der Waals surface area contributed by atoms with Crippen molar-refractivity contribution in [2.75, 3.05) is 31.1 Å². The summed E-state index contributed by atoms with van der Waals surface area (Å²) in [6, 6.07) is 5.64. The third kappa shape index (κ3) is 4.38. The summed E-state index contributed by atoms with van der Waals surface area (Å²) >= 11 is 2.04. The molecule has 23 heavy (non-hydrogen) atoms. The molecule has 1 aliphatic carbocycles. The number of nitrogens with zero attached hydrogens (tertiary/aromatic N) is 2. The molecule has 2 amide bonds. The minimum absolute atomic E-state index is 0.0895. The molecule has 0 bridgehead atoms. The molecule has 0 spiro atoms. The van der Waals surface area contributed by atoms with E-state index in [1.54, 1.807) is 6.20 Å². The fourth-order valence-corrected chi connectivity index (χ4v) is 4.56. The number of rotatable bonds is 5. The maximum Gasteiger partial charge on any atom is 0.315 e. The third-order valence-electron chi connectivity index (χ3n) is 4.95. The summed E-state index contributed by atoms with van der Waals surface area (Å²) in [6.07, 6.45) is 6.72. The van der Waals surface area contributed by atoms with Gasteiger partial charge >= 0.3 is 6.03 Å². The van der Waals surface area contributed by atoms with Crippen LogP contribution < -0.4 is 10.6 Å². The molecule has 6 heteroatoms. The maximum absolute atomic E-state index is 12.1. The van der Waals surface area contributed by atoms with Gasteiger partial charge in [-0.1, -0.05) is 18.9 Å². The second-order valence-corrected chi connectivity index (χ2v) is 7.61. The number of hydrogen-bond donors (Lipinski definition) is 2. The topological polar surface area (TPSA) is 57.3 Å². The summed E-state index contributed by atoms with van der Waals surface area (Å²) < 4.78 is 0. The number of carbonyl (C=O) groups excluding carboxylic acids is 1. The van der Waals surface area contributed by atoms with Crippen LogP contribution in [0, 0.1) is 0 Å². The zero-order chi connectivity index (χ0) is 16.0. The number of nitrogens with one attached hydrogen (secondary N) is 2. The molecule has 1 aromatic heterocycles. The van der Waals surface area contributed by atoms with Crippen molar-refractivity contribution in [1.82, 2.24) is 20.5 Å². The molecule has 1 aromatic rings. The lowest BCUT2D eigenvalue weighted by molar-refractivity contribution is 0.104. The zero-order valence-corrected chi connectivity index (χ0v) is 14.4. The highest BCUT2D eigenvalue weighted by molar-refractivity contribution is 7.99. The normalized spacial score (nSPS) is 21.0. The number of amides is 2. The predicted octanol–water partition coefficient (Wildman–Crippen LogP) is 2.24. The molecule has 2 aliphatic rings. The number of carbonyl (C=O) groups is 1. The first-order chi connectivity index (χ1) is 11.3. The molecule has 5 nitrogen and oxygen atoms in total. The smallest absolute Gasteiger partial charge is 0.315 e. The monoisotopic (exact) mass is 334 g/mol. The molecule has 3 rings (SSSR count). The van der Waals surface area contributed by atoms with E-state index in [4.69, 9.17) is 0 Å². The molecule has 0 radical (unpaired) electrons. The minimum Gasteiger partial charge on any atom is -0.336 e. The van der Waals surface area contributed by atoms with Gasteiger partial charge in [0.2, 0.25) is 0 Å². The SMILES string of the molecule is O=C(NCc1ccccn1)NCC1(N2CCSCC2)CCCC1. The van der Waals surface area contributed by atoms with Gasteiger partial charge < -0.3 is 10.6 Å². The van der Waals surface area contributed by atoms with E-state index in [0.717, 1.165) is 25.3 Å². The Morgan fingerprint density at radius 1 is 1.22 bits per heavy atom. The average molecular weight is 334 g/mol. The van der Waals surface area contributed by atoms with E-state index in [1.807, 2.05) is 30.0 Å². The van der Waals surface area contributed by atoms with Crippen LogP contribution in [0.2, 0.25) is 0 Å². The number of aromatic nitrogens is 1. The van der Waals surface area contributed by atoms with Crippen LogP contribution in [0.4, 0.5) is 4.79 Å². The van der Waals surface area contributed by atoms with Crippen LogP contribution in [0.3, 0.4) is 0 Å². The number of urea groups is 1. The van der Waals surface area contributed by atoms with Crippen molar-refractivity contribution in [3.05, 3.63) is 30.1 Å². The molecular formula is C17H26N4OS. The third-order valence-corrected chi connectivity index (χ3v) is 5.89. The summed E-state index contributed by atoms with van der Waals surface area (Å²) in [6.45, 7) is 3.54. The number of hydrogen-bond acceptors (Lipinski definition) is 4. The Hall–Kier alpha value is -1.27. The van der Waals surface area contributed by atoms with Crippen LogP contribution in [0.25, 0.3) is 0 Å². The van der Waals surface area contributed by atoms with Crippen LogP contribution in [0.5, 0.6) is 0 Å². The molecule has 126 valence electrons. The zero-order valence-electron chi connectivity index (χ0n) is 13.6. The molecule has 2 heterocycles. The van der Waals surface area contributed by atoms with E-state index in [2.05, 4.69) is 20.5 Å². The van der Waals surface area contributed by atoms with E-state index in [0.29, 0.717) is 6.54 Å². The van der Waals surface area contributed by atoms with Crippen LogP contribution in [-0.4, -0.2) is 52.6 Å². The first-order valence-electron chi connectivity index (χ1n) is 8.53. The molecule has 0 atom stereocenters. The van der Waals surface area contributed by atoms with Crippen molar-refractivity contribution in [2.45, 2.75) is 37.8 Å². The van der Waals surface area contributed by atoms with Gasteiger partial charge in [0.05, 0.1) is 12.2 Å². The van der Waals surface area contributed by atoms with Crippen LogP contribution >= 0.6 is 11.8 Å². The second kappa shape index (κ2) is 8.02. The van der Waals surface area contributed by atoms with E-state index < -0.39 is 0 Å². The fourth-order valence-electron chi connectivity index (χ4n) is 3.66. The van der Waals surface area contributed by atoms with Crippen molar-refractivity contribution in [3.8, 4) is 0 Å². The van der Waals surface area contributed by atoms with E-state index >= 15 is 0 Å². The maximum atomic E-state index is 12.1. The van der Waals surface area contributed by atoms with E-state index in [-0.39, 0.29) is 11.6 Å². The largest absolute Gasteiger partial charge is 0.336 e. The number of pyridine rings is 1. The van der Waals surface area contributed by atoms with Gasteiger partial charge in [0, 0.05) is 42.9 Å². The summed E-state index contributed by atoms with van der Waals surface area (Å²) in [5.74, 6) is 2.43. The van der Waals surface area contributed by atoms with Crippen molar-refractivity contribution < 1.29 is 4.79 Å². The van der Waals surface area contributed by atoms with Crippen molar-refractivity contribution in [2.24, 2.45) is 0 Å². The predicted molar refractivity (Wildman–Crippen MR) is 94.6 cm³/mol. The quantitative estimate of drug-likeness (QED) is 0.867. The molecule has 1 aliphatic heterocycles. The average Bonchev–Trinajstić information content (AvgIpc) is 3.10. The van der Waals surface area contributed by atoms with E-state index in [1.165, 1.54) is 37.2 Å². The number of thioether (sulfide) groups is 1. The molecule has 0 unspecified atom stereocenters. The van der Waals surface area contributed by atoms with Crippen LogP contribution in [0.1, 0.15) is 31.4 Å². The molecule has 1 saturated heterocycles. The Bertz CT molecular complexity index is 499. The van der Waals surface area contributed by atoms with Gasteiger partial charge in [0.1, 0.15) is 0 Å². The van der Waals surface area contributed by atoms with Crippen molar-refractivity contribution in [3.63, 3.8) is 0 Å². The summed E-state index contributed by atoms with van der Waals surface area (Å²) in [4.78, 5) is 19.0. The Morgan fingerprint density at radius 3 is 2.70 bits per heavy atom. The Kier molecular flexibility index (Phi) is 5.78. The van der Waals surface area contributed by atoms with Crippen molar-refractivity contribution >= 4 is 17.8 Å². The van der Waals surface area contributed by atoms with E-state index in [9.17, 15) is 4.79 Å². The molecular weight excluding hydrogens is 308 g/mol.